The van der Waals surface area contributed by atoms with Crippen molar-refractivity contribution in [1.82, 2.24) is 4.90 Å². The third-order valence-electron chi connectivity index (χ3n) is 3.88. The van der Waals surface area contributed by atoms with Crippen LogP contribution in [0.3, 0.4) is 0 Å². The molecule has 1 unspecified atom stereocenters. The van der Waals surface area contributed by atoms with E-state index in [0.29, 0.717) is 16.2 Å². The summed E-state index contributed by atoms with van der Waals surface area (Å²) < 4.78 is 43.5. The molecule has 4 nitrogen and oxygen atoms in total. The quantitative estimate of drug-likeness (QED) is 0.854. The van der Waals surface area contributed by atoms with E-state index in [4.69, 9.17) is 10.00 Å². The molecule has 1 heterocycles. The van der Waals surface area contributed by atoms with E-state index >= 15 is 0 Å². The lowest BCUT2D eigenvalue weighted by atomic mass is 9.96. The first-order valence-corrected chi connectivity index (χ1v) is 7.19. The van der Waals surface area contributed by atoms with Crippen LogP contribution in [-0.4, -0.2) is 36.7 Å². The number of carbonyl (C=O) groups is 1. The highest BCUT2D eigenvalue weighted by Gasteiger charge is 2.38. The summed E-state index contributed by atoms with van der Waals surface area (Å²) in [7, 11) is 0. The molecule has 0 saturated heterocycles. The van der Waals surface area contributed by atoms with Crippen LogP contribution in [0.5, 0.6) is 5.75 Å². The molecule has 7 heteroatoms. The van der Waals surface area contributed by atoms with E-state index in [-0.39, 0.29) is 19.6 Å². The zero-order valence-corrected chi connectivity index (χ0v) is 12.9. The van der Waals surface area contributed by atoms with Crippen molar-refractivity contribution in [2.75, 3.05) is 19.7 Å². The molecule has 1 aromatic rings. The molecule has 0 saturated carbocycles. The normalized spacial score (nSPS) is 16.4. The zero-order valence-electron chi connectivity index (χ0n) is 12.9. The maximum atomic E-state index is 12.7. The fourth-order valence-electron chi connectivity index (χ4n) is 2.57. The molecule has 2 rings (SSSR count). The van der Waals surface area contributed by atoms with Gasteiger partial charge in [0.2, 0.25) is 5.91 Å². The van der Waals surface area contributed by atoms with E-state index in [1.165, 1.54) is 0 Å². The highest BCUT2D eigenvalue weighted by molar-refractivity contribution is 5.86. The molecule has 0 fully saturated rings. The first-order valence-electron chi connectivity index (χ1n) is 7.19. The minimum Gasteiger partial charge on any atom is -0.492 e. The SMILES string of the molecule is Cc1cc2c(cc1C)C(C(=O)N(CCC#N)CC(F)(F)F)CO2. The Balaban J connectivity index is 2.25. The Morgan fingerprint density at radius 3 is 2.65 bits per heavy atom. The second-order valence-corrected chi connectivity index (χ2v) is 5.62. The lowest BCUT2D eigenvalue weighted by Gasteiger charge is -2.25. The maximum Gasteiger partial charge on any atom is 0.406 e. The molecule has 0 N–H and O–H groups in total. The Hall–Kier alpha value is -2.23. The van der Waals surface area contributed by atoms with E-state index in [2.05, 4.69) is 0 Å². The van der Waals surface area contributed by atoms with Crippen molar-refractivity contribution >= 4 is 5.91 Å². The maximum absolute atomic E-state index is 12.7. The number of benzene rings is 1. The van der Waals surface area contributed by atoms with Gasteiger partial charge in [-0.25, -0.2) is 0 Å². The summed E-state index contributed by atoms with van der Waals surface area (Å²) in [5.41, 5.74) is 2.56. The van der Waals surface area contributed by atoms with Crippen LogP contribution in [0.15, 0.2) is 12.1 Å². The number of halogens is 3. The highest BCUT2D eigenvalue weighted by Crippen LogP contribution is 2.37. The molecule has 0 spiro atoms. The standard InChI is InChI=1S/C16H17F3N2O2/c1-10-6-12-13(8-23-14(12)7-11(10)2)15(22)21(5-3-4-20)9-16(17,18)19/h6-7,13H,3,5,8-9H2,1-2H3. The largest absolute Gasteiger partial charge is 0.492 e. The zero-order chi connectivity index (χ0) is 17.2. The fraction of sp³-hybridized carbons (Fsp3) is 0.500. The Labute approximate surface area is 132 Å². The molecule has 1 aliphatic heterocycles. The first kappa shape index (κ1) is 17.1. The van der Waals surface area contributed by atoms with Gasteiger partial charge in [0, 0.05) is 12.1 Å². The van der Waals surface area contributed by atoms with Gasteiger partial charge in [-0.15, -0.1) is 0 Å². The number of fused-ring (bicyclic) bond motifs is 1. The molecule has 0 aromatic heterocycles. The van der Waals surface area contributed by atoms with Crippen LogP contribution < -0.4 is 4.74 Å². The number of aryl methyl sites for hydroxylation is 2. The molecule has 1 amide bonds. The van der Waals surface area contributed by atoms with Gasteiger partial charge in [0.05, 0.1) is 12.5 Å². The Morgan fingerprint density at radius 2 is 2.04 bits per heavy atom. The van der Waals surface area contributed by atoms with Crippen molar-refractivity contribution in [3.05, 3.63) is 28.8 Å². The third kappa shape index (κ3) is 3.95. The monoisotopic (exact) mass is 326 g/mol. The highest BCUT2D eigenvalue weighted by atomic mass is 19.4. The molecule has 1 atom stereocenters. The molecule has 0 bridgehead atoms. The molecular weight excluding hydrogens is 309 g/mol. The lowest BCUT2D eigenvalue weighted by Crippen LogP contribution is -2.42. The van der Waals surface area contributed by atoms with E-state index in [1.807, 2.05) is 13.8 Å². The second-order valence-electron chi connectivity index (χ2n) is 5.62. The minimum atomic E-state index is -4.50. The number of carbonyl (C=O) groups excluding carboxylic acids is 1. The van der Waals surface area contributed by atoms with Crippen LogP contribution in [0.25, 0.3) is 0 Å². The van der Waals surface area contributed by atoms with Crippen LogP contribution in [-0.2, 0) is 4.79 Å². The third-order valence-corrected chi connectivity index (χ3v) is 3.88. The molecular formula is C16H17F3N2O2. The predicted molar refractivity (Wildman–Crippen MR) is 77.0 cm³/mol. The van der Waals surface area contributed by atoms with Gasteiger partial charge < -0.3 is 9.64 Å². The van der Waals surface area contributed by atoms with Crippen molar-refractivity contribution in [1.29, 1.82) is 5.26 Å². The molecule has 1 aliphatic rings. The number of ether oxygens (including phenoxy) is 1. The number of nitriles is 1. The Bertz CT molecular complexity index is 650. The van der Waals surface area contributed by atoms with E-state index < -0.39 is 24.5 Å². The van der Waals surface area contributed by atoms with E-state index in [9.17, 15) is 18.0 Å². The van der Waals surface area contributed by atoms with E-state index in [0.717, 1.165) is 11.1 Å². The Kier molecular flexibility index (Phi) is 4.83. The molecule has 1 aromatic carbocycles. The van der Waals surface area contributed by atoms with Crippen molar-refractivity contribution in [3.8, 4) is 11.8 Å². The number of amides is 1. The van der Waals surface area contributed by atoms with E-state index in [1.54, 1.807) is 18.2 Å². The van der Waals surface area contributed by atoms with Crippen LogP contribution in [0, 0.1) is 25.2 Å². The summed E-state index contributed by atoms with van der Waals surface area (Å²) in [5.74, 6) is -0.872. The Morgan fingerprint density at radius 1 is 1.39 bits per heavy atom. The lowest BCUT2D eigenvalue weighted by molar-refractivity contribution is -0.162. The number of rotatable bonds is 4. The summed E-state index contributed by atoms with van der Waals surface area (Å²) >= 11 is 0. The van der Waals surface area contributed by atoms with Gasteiger partial charge in [-0.1, -0.05) is 6.07 Å². The van der Waals surface area contributed by atoms with Crippen molar-refractivity contribution in [2.45, 2.75) is 32.4 Å². The predicted octanol–water partition coefficient (Wildman–Crippen LogP) is 3.08. The number of hydrogen-bond donors (Lipinski definition) is 0. The average Bonchev–Trinajstić information content (AvgIpc) is 2.84. The van der Waals surface area contributed by atoms with Crippen LogP contribution in [0.4, 0.5) is 13.2 Å². The van der Waals surface area contributed by atoms with Crippen LogP contribution in [0.1, 0.15) is 29.0 Å². The summed E-state index contributed by atoms with van der Waals surface area (Å²) in [4.78, 5) is 13.2. The number of hydrogen-bond acceptors (Lipinski definition) is 3. The van der Waals surface area contributed by atoms with Gasteiger partial charge in [-0.3, -0.25) is 4.79 Å². The fourth-order valence-corrected chi connectivity index (χ4v) is 2.57. The smallest absolute Gasteiger partial charge is 0.406 e. The van der Waals surface area contributed by atoms with Crippen LogP contribution in [0.2, 0.25) is 0 Å². The summed E-state index contributed by atoms with van der Waals surface area (Å²) in [6, 6.07) is 5.35. The van der Waals surface area contributed by atoms with Gasteiger partial charge in [-0.05, 0) is 31.0 Å². The first-order chi connectivity index (χ1) is 10.7. The van der Waals surface area contributed by atoms with Crippen molar-refractivity contribution < 1.29 is 22.7 Å². The summed E-state index contributed by atoms with van der Waals surface area (Å²) in [6.45, 7) is 2.20. The second kappa shape index (κ2) is 6.49. The molecule has 0 aliphatic carbocycles. The number of nitrogens with zero attached hydrogens (tertiary/aromatic N) is 2. The number of alkyl halides is 3. The minimum absolute atomic E-state index is 0.0258. The summed E-state index contributed by atoms with van der Waals surface area (Å²) in [6.07, 6.45) is -4.65. The molecule has 124 valence electrons. The van der Waals surface area contributed by atoms with Gasteiger partial charge >= 0.3 is 6.18 Å². The van der Waals surface area contributed by atoms with Crippen molar-refractivity contribution in [2.24, 2.45) is 0 Å². The summed E-state index contributed by atoms with van der Waals surface area (Å²) in [5, 5.41) is 8.59. The topological polar surface area (TPSA) is 53.3 Å². The van der Waals surface area contributed by atoms with Gasteiger partial charge in [0.25, 0.3) is 0 Å². The van der Waals surface area contributed by atoms with Crippen LogP contribution >= 0.6 is 0 Å². The van der Waals surface area contributed by atoms with Crippen molar-refractivity contribution in [3.63, 3.8) is 0 Å². The van der Waals surface area contributed by atoms with Gasteiger partial charge in [0.15, 0.2) is 0 Å². The van der Waals surface area contributed by atoms with Gasteiger partial charge in [0.1, 0.15) is 24.8 Å². The molecule has 0 radical (unpaired) electrons. The average molecular weight is 326 g/mol. The van der Waals surface area contributed by atoms with Gasteiger partial charge in [-0.2, -0.15) is 18.4 Å². The molecule has 23 heavy (non-hydrogen) atoms.